The molecule has 0 saturated carbocycles. The highest BCUT2D eigenvalue weighted by Crippen LogP contribution is 2.21. The van der Waals surface area contributed by atoms with E-state index in [1.54, 1.807) is 13.8 Å². The quantitative estimate of drug-likeness (QED) is 0.384. The van der Waals surface area contributed by atoms with Crippen molar-refractivity contribution in [2.45, 2.75) is 88.6 Å². The van der Waals surface area contributed by atoms with Crippen LogP contribution in [0.4, 0.5) is 0 Å². The van der Waals surface area contributed by atoms with Gasteiger partial charge in [0.2, 0.25) is 35.4 Å². The minimum atomic E-state index is -1.02. The molecule has 3 saturated heterocycles. The zero-order chi connectivity index (χ0) is 32.8. The summed E-state index contributed by atoms with van der Waals surface area (Å²) < 4.78 is 0. The molecule has 46 heavy (non-hydrogen) atoms. The van der Waals surface area contributed by atoms with Crippen LogP contribution in [0.25, 0.3) is 0 Å². The number of hydrogen-bond donors (Lipinski definition) is 4. The number of fused-ring (bicyclic) bond motifs is 2. The van der Waals surface area contributed by atoms with E-state index in [2.05, 4.69) is 21.3 Å². The number of rotatable bonds is 4. The van der Waals surface area contributed by atoms with Crippen LogP contribution in [-0.4, -0.2) is 94.6 Å². The molecule has 0 unspecified atom stereocenters. The molecule has 244 valence electrons. The topological polar surface area (TPSA) is 157 Å². The van der Waals surface area contributed by atoms with E-state index in [1.807, 2.05) is 60.7 Å². The maximum Gasteiger partial charge on any atom is 0.245 e. The van der Waals surface area contributed by atoms with E-state index < -0.39 is 71.7 Å². The molecule has 0 radical (unpaired) electrons. The maximum absolute atomic E-state index is 13.6. The van der Waals surface area contributed by atoms with Gasteiger partial charge in [-0.1, -0.05) is 60.7 Å². The van der Waals surface area contributed by atoms with Gasteiger partial charge in [-0.2, -0.15) is 0 Å². The van der Waals surface area contributed by atoms with Gasteiger partial charge in [0.25, 0.3) is 0 Å². The monoisotopic (exact) mass is 630 g/mol. The van der Waals surface area contributed by atoms with Crippen molar-refractivity contribution in [2.75, 3.05) is 13.1 Å². The predicted molar refractivity (Wildman–Crippen MR) is 169 cm³/mol. The molecule has 3 aliphatic rings. The molecule has 4 N–H and O–H groups in total. The Balaban J connectivity index is 1.45. The number of amides is 6. The van der Waals surface area contributed by atoms with Crippen molar-refractivity contribution < 1.29 is 28.8 Å². The molecule has 3 heterocycles. The number of benzene rings is 2. The first-order valence-electron chi connectivity index (χ1n) is 16.0. The fourth-order valence-corrected chi connectivity index (χ4v) is 6.51. The number of carbonyl (C=O) groups is 6. The zero-order valence-corrected chi connectivity index (χ0v) is 26.2. The molecule has 12 nitrogen and oxygen atoms in total. The van der Waals surface area contributed by atoms with E-state index in [4.69, 9.17) is 0 Å². The summed E-state index contributed by atoms with van der Waals surface area (Å²) in [5, 5.41) is 11.2. The van der Waals surface area contributed by atoms with Gasteiger partial charge < -0.3 is 31.1 Å². The van der Waals surface area contributed by atoms with Crippen molar-refractivity contribution in [2.24, 2.45) is 0 Å². The summed E-state index contributed by atoms with van der Waals surface area (Å²) in [6.45, 7) is 3.75. The summed E-state index contributed by atoms with van der Waals surface area (Å²) in [4.78, 5) is 84.7. The van der Waals surface area contributed by atoms with E-state index in [0.29, 0.717) is 38.8 Å². The minimum Gasteiger partial charge on any atom is -0.343 e. The molecule has 12 heteroatoms. The SMILES string of the molecule is C[C@@H]1NC(=O)[C@@H](Cc2ccccc2)NC(=O)[C@@H]2CCCN2C(=O)[C@H](C)NC(=O)[C@@H](Cc2ccccc2)NC(=O)[C@@H]2CCCN2C1=O. The van der Waals surface area contributed by atoms with Gasteiger partial charge in [0.1, 0.15) is 36.3 Å². The maximum atomic E-state index is 13.6. The third-order valence-electron chi connectivity index (χ3n) is 8.97. The highest BCUT2D eigenvalue weighted by Gasteiger charge is 2.41. The molecule has 6 atom stereocenters. The molecule has 0 bridgehead atoms. The van der Waals surface area contributed by atoms with E-state index in [0.717, 1.165) is 11.1 Å². The third-order valence-corrected chi connectivity index (χ3v) is 8.97. The Hall–Kier alpha value is -4.74. The number of carbonyl (C=O) groups excluding carboxylic acids is 6. The third kappa shape index (κ3) is 7.55. The van der Waals surface area contributed by atoms with Crippen molar-refractivity contribution in [1.29, 1.82) is 0 Å². The van der Waals surface area contributed by atoms with Crippen LogP contribution in [0.1, 0.15) is 50.7 Å². The van der Waals surface area contributed by atoms with Crippen LogP contribution >= 0.6 is 0 Å². The Labute approximate surface area is 268 Å². The van der Waals surface area contributed by atoms with Crippen LogP contribution < -0.4 is 21.3 Å². The van der Waals surface area contributed by atoms with Crippen LogP contribution in [0.15, 0.2) is 60.7 Å². The highest BCUT2D eigenvalue weighted by molar-refractivity contribution is 5.98. The molecule has 3 fully saturated rings. The van der Waals surface area contributed by atoms with Gasteiger partial charge >= 0.3 is 0 Å². The van der Waals surface area contributed by atoms with Gasteiger partial charge in [-0.25, -0.2) is 0 Å². The lowest BCUT2D eigenvalue weighted by atomic mass is 10.0. The Morgan fingerprint density at radius 3 is 1.28 bits per heavy atom. The fraction of sp³-hybridized carbons (Fsp3) is 0.471. The normalized spacial score (nSPS) is 28.3. The lowest BCUT2D eigenvalue weighted by Gasteiger charge is -2.31. The largest absolute Gasteiger partial charge is 0.343 e. The van der Waals surface area contributed by atoms with Crippen LogP contribution in [-0.2, 0) is 41.6 Å². The van der Waals surface area contributed by atoms with Crippen molar-refractivity contribution in [3.05, 3.63) is 71.8 Å². The van der Waals surface area contributed by atoms with E-state index >= 15 is 0 Å². The Morgan fingerprint density at radius 2 is 0.913 bits per heavy atom. The second-order valence-corrected chi connectivity index (χ2v) is 12.3. The highest BCUT2D eigenvalue weighted by atomic mass is 16.2. The van der Waals surface area contributed by atoms with E-state index in [-0.39, 0.29) is 12.8 Å². The summed E-state index contributed by atoms with van der Waals surface area (Å²) in [5.41, 5.74) is 1.61. The summed E-state index contributed by atoms with van der Waals surface area (Å²) in [6, 6.07) is 12.7. The van der Waals surface area contributed by atoms with Gasteiger partial charge in [0.05, 0.1) is 0 Å². The second kappa shape index (κ2) is 14.6. The van der Waals surface area contributed by atoms with Crippen molar-refractivity contribution in [3.63, 3.8) is 0 Å². The molecule has 0 aliphatic carbocycles. The Bertz CT molecular complexity index is 1340. The van der Waals surface area contributed by atoms with E-state index in [9.17, 15) is 28.8 Å². The molecule has 0 aromatic heterocycles. The lowest BCUT2D eigenvalue weighted by Crippen LogP contribution is -2.60. The average molecular weight is 631 g/mol. The molecule has 2 aromatic rings. The summed E-state index contributed by atoms with van der Waals surface area (Å²) in [6.07, 6.45) is 2.30. The van der Waals surface area contributed by atoms with Gasteiger partial charge in [-0.05, 0) is 50.7 Å². The lowest BCUT2D eigenvalue weighted by molar-refractivity contribution is -0.144. The van der Waals surface area contributed by atoms with Crippen molar-refractivity contribution in [1.82, 2.24) is 31.1 Å². The molecule has 3 aliphatic heterocycles. The number of nitrogens with one attached hydrogen (secondary N) is 4. The van der Waals surface area contributed by atoms with Crippen LogP contribution in [0, 0.1) is 0 Å². The van der Waals surface area contributed by atoms with E-state index in [1.165, 1.54) is 9.80 Å². The molecule has 6 amide bonds. The molecule has 0 spiro atoms. The van der Waals surface area contributed by atoms with Gasteiger partial charge in [-0.3, -0.25) is 28.8 Å². The van der Waals surface area contributed by atoms with Crippen molar-refractivity contribution >= 4 is 35.4 Å². The molecule has 2 aromatic carbocycles. The smallest absolute Gasteiger partial charge is 0.245 e. The minimum absolute atomic E-state index is 0.171. The first-order valence-corrected chi connectivity index (χ1v) is 16.0. The summed E-state index contributed by atoms with van der Waals surface area (Å²) in [7, 11) is 0. The summed E-state index contributed by atoms with van der Waals surface area (Å²) >= 11 is 0. The second-order valence-electron chi connectivity index (χ2n) is 12.3. The fourth-order valence-electron chi connectivity index (χ4n) is 6.51. The van der Waals surface area contributed by atoms with Gasteiger partial charge in [0, 0.05) is 25.9 Å². The average Bonchev–Trinajstić information content (AvgIpc) is 3.75. The zero-order valence-electron chi connectivity index (χ0n) is 26.2. The first kappa shape index (κ1) is 32.6. The molecular weight excluding hydrogens is 588 g/mol. The van der Waals surface area contributed by atoms with Crippen molar-refractivity contribution in [3.8, 4) is 0 Å². The molecule has 5 rings (SSSR count). The Kier molecular flexibility index (Phi) is 10.3. The standard InChI is InChI=1S/C34H42N6O6/c1-21-33(45)39-17-9-15-27(39)31(43)38-26(20-24-13-7-4-8-14-24)30(42)36-22(2)34(46)40-18-10-16-28(40)32(44)37-25(29(41)35-21)19-23-11-5-3-6-12-23/h3-8,11-14,21-22,25-28H,9-10,15-20H2,1-2H3,(H,35,41)(H,36,42)(H,37,44)(H,38,43)/t21-,22-,25+,26+,27-,28-/m0/s1. The number of nitrogens with zero attached hydrogens (tertiary/aromatic N) is 2. The van der Waals surface area contributed by atoms with Crippen LogP contribution in [0.5, 0.6) is 0 Å². The van der Waals surface area contributed by atoms with Gasteiger partial charge in [-0.15, -0.1) is 0 Å². The summed E-state index contributed by atoms with van der Waals surface area (Å²) in [5.74, 6) is -2.90. The van der Waals surface area contributed by atoms with Crippen LogP contribution in [0.3, 0.4) is 0 Å². The first-order chi connectivity index (χ1) is 22.1. The van der Waals surface area contributed by atoms with Gasteiger partial charge in [0.15, 0.2) is 0 Å². The van der Waals surface area contributed by atoms with Crippen LogP contribution in [0.2, 0.25) is 0 Å². The number of hydrogen-bond acceptors (Lipinski definition) is 6. The Morgan fingerprint density at radius 1 is 0.543 bits per heavy atom. The predicted octanol–water partition coefficient (Wildman–Crippen LogP) is 0.446. The molecular formula is C34H42N6O6.